The van der Waals surface area contributed by atoms with Gasteiger partial charge in [0, 0.05) is 49.0 Å². The zero-order chi connectivity index (χ0) is 17.1. The Hall–Kier alpha value is -1.55. The fraction of sp³-hybridized carbons (Fsp3) is 0.400. The van der Waals surface area contributed by atoms with Gasteiger partial charge in [-0.1, -0.05) is 41.9 Å². The molecule has 3 rings (SSSR count). The van der Waals surface area contributed by atoms with Crippen LogP contribution < -0.4 is 4.90 Å². The van der Waals surface area contributed by atoms with Crippen LogP contribution in [0.2, 0.25) is 5.02 Å². The maximum atomic E-state index is 10.5. The van der Waals surface area contributed by atoms with Crippen LogP contribution in [0.25, 0.3) is 0 Å². The minimum absolute atomic E-state index is 0.536. The van der Waals surface area contributed by atoms with Crippen molar-refractivity contribution >= 4 is 17.3 Å². The van der Waals surface area contributed by atoms with Gasteiger partial charge in [-0.25, -0.2) is 0 Å². The lowest BCUT2D eigenvalue weighted by Gasteiger charge is -2.37. The van der Waals surface area contributed by atoms with E-state index in [0.717, 1.165) is 31.7 Å². The Kier molecular flexibility index (Phi) is 5.44. The molecule has 2 aromatic rings. The minimum Gasteiger partial charge on any atom is -0.387 e. The van der Waals surface area contributed by atoms with Crippen LogP contribution in [0, 0.1) is 13.8 Å². The molecule has 0 saturated carbocycles. The van der Waals surface area contributed by atoms with Gasteiger partial charge in [-0.15, -0.1) is 0 Å². The van der Waals surface area contributed by atoms with Gasteiger partial charge in [0.25, 0.3) is 0 Å². The molecule has 1 aliphatic rings. The minimum atomic E-state index is -0.536. The lowest BCUT2D eigenvalue weighted by Crippen LogP contribution is -2.47. The second-order valence-corrected chi connectivity index (χ2v) is 6.95. The number of aliphatic hydroxyl groups excluding tert-OH is 1. The quantitative estimate of drug-likeness (QED) is 0.913. The van der Waals surface area contributed by atoms with Gasteiger partial charge in [0.2, 0.25) is 0 Å². The Labute approximate surface area is 149 Å². The van der Waals surface area contributed by atoms with Crippen LogP contribution in [-0.2, 0) is 0 Å². The Bertz CT molecular complexity index is 696. The molecule has 3 nitrogen and oxygen atoms in total. The van der Waals surface area contributed by atoms with Crippen molar-refractivity contribution < 1.29 is 5.11 Å². The molecule has 24 heavy (non-hydrogen) atoms. The molecule has 0 aromatic heterocycles. The maximum absolute atomic E-state index is 10.5. The molecule has 1 heterocycles. The van der Waals surface area contributed by atoms with Gasteiger partial charge in [0.1, 0.15) is 0 Å². The predicted octanol–water partition coefficient (Wildman–Crippen LogP) is 3.81. The Morgan fingerprint density at radius 3 is 2.42 bits per heavy atom. The van der Waals surface area contributed by atoms with Crippen LogP contribution in [-0.4, -0.2) is 42.7 Å². The number of rotatable bonds is 4. The highest BCUT2D eigenvalue weighted by atomic mass is 35.5. The second kappa shape index (κ2) is 7.56. The Balaban J connectivity index is 1.59. The Morgan fingerprint density at radius 1 is 1.00 bits per heavy atom. The maximum Gasteiger partial charge on any atom is 0.0931 e. The first-order chi connectivity index (χ1) is 11.6. The van der Waals surface area contributed by atoms with Gasteiger partial charge in [-0.3, -0.25) is 4.90 Å². The molecule has 2 aromatic carbocycles. The summed E-state index contributed by atoms with van der Waals surface area (Å²) < 4.78 is 0. The van der Waals surface area contributed by atoms with Gasteiger partial charge < -0.3 is 10.0 Å². The summed E-state index contributed by atoms with van der Waals surface area (Å²) in [4.78, 5) is 4.76. The molecule has 0 spiro atoms. The summed E-state index contributed by atoms with van der Waals surface area (Å²) in [6.45, 7) is 8.86. The zero-order valence-corrected chi connectivity index (χ0v) is 15.1. The first kappa shape index (κ1) is 17.3. The average molecular weight is 345 g/mol. The van der Waals surface area contributed by atoms with E-state index in [-0.39, 0.29) is 0 Å². The van der Waals surface area contributed by atoms with Crippen LogP contribution in [0.5, 0.6) is 0 Å². The third-order valence-electron chi connectivity index (χ3n) is 4.98. The highest BCUT2D eigenvalue weighted by Gasteiger charge is 2.22. The highest BCUT2D eigenvalue weighted by Crippen LogP contribution is 2.26. The van der Waals surface area contributed by atoms with Gasteiger partial charge in [-0.05, 0) is 37.1 Å². The fourth-order valence-corrected chi connectivity index (χ4v) is 3.60. The van der Waals surface area contributed by atoms with E-state index >= 15 is 0 Å². The molecular formula is C20H25ClN2O. The van der Waals surface area contributed by atoms with E-state index in [1.807, 2.05) is 24.3 Å². The molecule has 1 N–H and O–H groups in total. The number of piperazine rings is 1. The highest BCUT2D eigenvalue weighted by molar-refractivity contribution is 6.31. The van der Waals surface area contributed by atoms with E-state index in [2.05, 4.69) is 41.8 Å². The topological polar surface area (TPSA) is 26.7 Å². The van der Waals surface area contributed by atoms with Crippen LogP contribution in [0.4, 0.5) is 5.69 Å². The van der Waals surface area contributed by atoms with Gasteiger partial charge >= 0.3 is 0 Å². The van der Waals surface area contributed by atoms with Gasteiger partial charge in [-0.2, -0.15) is 0 Å². The van der Waals surface area contributed by atoms with E-state index in [4.69, 9.17) is 11.6 Å². The zero-order valence-electron chi connectivity index (χ0n) is 14.4. The van der Waals surface area contributed by atoms with E-state index in [9.17, 15) is 5.11 Å². The summed E-state index contributed by atoms with van der Waals surface area (Å²) in [5.74, 6) is 0. The molecule has 1 unspecified atom stereocenters. The Morgan fingerprint density at radius 2 is 1.71 bits per heavy atom. The third-order valence-corrected chi connectivity index (χ3v) is 5.33. The van der Waals surface area contributed by atoms with Crippen LogP contribution in [0.15, 0.2) is 42.5 Å². The molecule has 4 heteroatoms. The number of hydrogen-bond donors (Lipinski definition) is 1. The standard InChI is InChI=1S/C20H25ClN2O/c1-15-6-5-9-19(16(15)2)23-12-10-22(11-13-23)14-20(24)17-7-3-4-8-18(17)21/h3-9,20,24H,10-14H2,1-2H3. The number of hydrogen-bond acceptors (Lipinski definition) is 3. The van der Waals surface area contributed by atoms with Crippen LogP contribution >= 0.6 is 11.6 Å². The molecule has 1 saturated heterocycles. The number of aryl methyl sites for hydroxylation is 1. The molecular weight excluding hydrogens is 320 g/mol. The summed E-state index contributed by atoms with van der Waals surface area (Å²) in [6, 6.07) is 14.0. The first-order valence-electron chi connectivity index (χ1n) is 8.52. The van der Waals surface area contributed by atoms with Crippen molar-refractivity contribution in [2.45, 2.75) is 20.0 Å². The van der Waals surface area contributed by atoms with Crippen molar-refractivity contribution in [1.29, 1.82) is 0 Å². The molecule has 128 valence electrons. The van der Waals surface area contributed by atoms with Crippen molar-refractivity contribution in [1.82, 2.24) is 4.90 Å². The smallest absolute Gasteiger partial charge is 0.0931 e. The number of β-amino-alcohol motifs (C(OH)–C–C–N with tert-alkyl or cyclic N) is 1. The number of halogens is 1. The van der Waals surface area contributed by atoms with Crippen LogP contribution in [0.3, 0.4) is 0 Å². The van der Waals surface area contributed by atoms with Crippen molar-refractivity contribution in [2.75, 3.05) is 37.6 Å². The lowest BCUT2D eigenvalue weighted by atomic mass is 10.1. The summed E-state index contributed by atoms with van der Waals surface area (Å²) in [7, 11) is 0. The molecule has 0 amide bonds. The molecule has 1 fully saturated rings. The molecule has 0 radical (unpaired) electrons. The molecule has 0 aliphatic carbocycles. The van der Waals surface area contributed by atoms with Crippen molar-refractivity contribution in [3.8, 4) is 0 Å². The van der Waals surface area contributed by atoms with Crippen molar-refractivity contribution in [3.05, 3.63) is 64.2 Å². The summed E-state index contributed by atoms with van der Waals surface area (Å²) in [5, 5.41) is 11.1. The first-order valence-corrected chi connectivity index (χ1v) is 8.90. The second-order valence-electron chi connectivity index (χ2n) is 6.54. The van der Waals surface area contributed by atoms with Crippen molar-refractivity contribution in [2.24, 2.45) is 0 Å². The van der Waals surface area contributed by atoms with E-state index in [0.29, 0.717) is 11.6 Å². The monoisotopic (exact) mass is 344 g/mol. The number of nitrogens with zero attached hydrogens (tertiary/aromatic N) is 2. The van der Waals surface area contributed by atoms with E-state index in [1.54, 1.807) is 0 Å². The third kappa shape index (κ3) is 3.75. The van der Waals surface area contributed by atoms with Gasteiger partial charge in [0.15, 0.2) is 0 Å². The number of benzene rings is 2. The predicted molar refractivity (Wildman–Crippen MR) is 101 cm³/mol. The molecule has 1 aliphatic heterocycles. The summed E-state index contributed by atoms with van der Waals surface area (Å²) >= 11 is 6.19. The summed E-state index contributed by atoms with van der Waals surface area (Å²) in [5.41, 5.74) is 4.85. The van der Waals surface area contributed by atoms with E-state index < -0.39 is 6.10 Å². The van der Waals surface area contributed by atoms with Crippen molar-refractivity contribution in [3.63, 3.8) is 0 Å². The molecule has 1 atom stereocenters. The number of anilines is 1. The average Bonchev–Trinajstić information content (AvgIpc) is 2.58. The SMILES string of the molecule is Cc1cccc(N2CCN(CC(O)c3ccccc3Cl)CC2)c1C. The fourth-order valence-electron chi connectivity index (χ4n) is 3.34. The van der Waals surface area contributed by atoms with E-state index in [1.165, 1.54) is 16.8 Å². The number of aliphatic hydroxyl groups is 1. The molecule has 0 bridgehead atoms. The van der Waals surface area contributed by atoms with Crippen LogP contribution in [0.1, 0.15) is 22.8 Å². The normalized spacial score (nSPS) is 17.1. The lowest BCUT2D eigenvalue weighted by molar-refractivity contribution is 0.109. The van der Waals surface area contributed by atoms with Gasteiger partial charge in [0.05, 0.1) is 6.10 Å². The largest absolute Gasteiger partial charge is 0.387 e. The summed E-state index contributed by atoms with van der Waals surface area (Å²) in [6.07, 6.45) is -0.536.